The Hall–Kier alpha value is -3.47. The number of rotatable bonds is 12. The highest BCUT2D eigenvalue weighted by Gasteiger charge is 2.37. The molecule has 1 fully saturated rings. The minimum Gasteiger partial charge on any atom is -0.468 e. The summed E-state index contributed by atoms with van der Waals surface area (Å²) in [5, 5.41) is 6.18. The van der Waals surface area contributed by atoms with Gasteiger partial charge in [0.15, 0.2) is 17.0 Å². The summed E-state index contributed by atoms with van der Waals surface area (Å²) in [6.45, 7) is 3.75. The first-order valence-electron chi connectivity index (χ1n) is 13.0. The van der Waals surface area contributed by atoms with Gasteiger partial charge in [-0.1, -0.05) is 44.2 Å². The van der Waals surface area contributed by atoms with Crippen LogP contribution in [0.5, 0.6) is 5.75 Å². The number of hydrogen-bond acceptors (Lipinski definition) is 10. The molecule has 0 aliphatic heterocycles. The van der Waals surface area contributed by atoms with Crippen molar-refractivity contribution in [2.24, 2.45) is 11.8 Å². The van der Waals surface area contributed by atoms with Crippen molar-refractivity contribution in [3.05, 3.63) is 48.8 Å². The fourth-order valence-electron chi connectivity index (χ4n) is 4.46. The molecule has 1 aromatic carbocycles. The van der Waals surface area contributed by atoms with Crippen LogP contribution in [0, 0.1) is 11.8 Å². The fourth-order valence-corrected chi connectivity index (χ4v) is 6.17. The van der Waals surface area contributed by atoms with Crippen molar-refractivity contribution in [2.75, 3.05) is 24.8 Å². The number of fused-ring (bicyclic) bond motifs is 1. The van der Waals surface area contributed by atoms with Crippen LogP contribution in [0.3, 0.4) is 0 Å². The molecule has 1 unspecified atom stereocenters. The molecular formula is C26H34N7O5P. The van der Waals surface area contributed by atoms with Crippen molar-refractivity contribution in [1.29, 1.82) is 0 Å². The molecule has 0 radical (unpaired) electrons. The number of nitrogens with two attached hydrogens (primary N) is 1. The zero-order chi connectivity index (χ0) is 27.6. The van der Waals surface area contributed by atoms with Crippen LogP contribution in [-0.2, 0) is 18.6 Å². The van der Waals surface area contributed by atoms with Crippen LogP contribution in [0.2, 0.25) is 0 Å². The van der Waals surface area contributed by atoms with Gasteiger partial charge in [0.2, 0.25) is 5.95 Å². The third-order valence-corrected chi connectivity index (χ3v) is 8.24. The smallest absolute Gasteiger partial charge is 0.459 e. The molecule has 4 N–H and O–H groups in total. The Morgan fingerprint density at radius 3 is 2.67 bits per heavy atom. The number of imidazole rings is 1. The number of hydrogen-bond donors (Lipinski definition) is 3. The van der Waals surface area contributed by atoms with Gasteiger partial charge in [-0.3, -0.25) is 9.32 Å². The molecule has 12 nitrogen and oxygen atoms in total. The molecule has 1 saturated carbocycles. The van der Waals surface area contributed by atoms with Crippen LogP contribution in [0.15, 0.2) is 48.8 Å². The fraction of sp³-hybridized carbons (Fsp3) is 0.462. The number of nitrogen functional groups attached to an aromatic ring is 1. The van der Waals surface area contributed by atoms with E-state index < -0.39 is 19.8 Å². The first-order valence-corrected chi connectivity index (χ1v) is 14.6. The second kappa shape index (κ2) is 11.3. The van der Waals surface area contributed by atoms with Gasteiger partial charge < -0.3 is 24.9 Å². The molecule has 39 heavy (non-hydrogen) atoms. The molecule has 2 aliphatic rings. The van der Waals surface area contributed by atoms with Gasteiger partial charge in [-0.25, -0.2) is 9.55 Å². The summed E-state index contributed by atoms with van der Waals surface area (Å²) in [6.07, 6.45) is 8.66. The number of methoxy groups -OCH3 is 1. The molecule has 13 heteroatoms. The molecule has 2 heterocycles. The van der Waals surface area contributed by atoms with Crippen LogP contribution >= 0.6 is 7.75 Å². The third-order valence-electron chi connectivity index (χ3n) is 6.71. The Bertz CT molecular complexity index is 1390. The summed E-state index contributed by atoms with van der Waals surface area (Å²) in [7, 11) is -2.67. The van der Waals surface area contributed by atoms with Gasteiger partial charge in [0, 0.05) is 12.0 Å². The van der Waals surface area contributed by atoms with Crippen LogP contribution in [0.1, 0.15) is 39.2 Å². The van der Waals surface area contributed by atoms with E-state index in [9.17, 15) is 9.36 Å². The highest BCUT2D eigenvalue weighted by atomic mass is 31.2. The Labute approximate surface area is 226 Å². The first-order chi connectivity index (χ1) is 18.7. The maximum atomic E-state index is 13.9. The van der Waals surface area contributed by atoms with Gasteiger partial charge in [0.25, 0.3) is 0 Å². The Kier molecular flexibility index (Phi) is 7.88. The van der Waals surface area contributed by atoms with Gasteiger partial charge in [0.05, 0.1) is 26.1 Å². The summed E-state index contributed by atoms with van der Waals surface area (Å²) in [6, 6.07) is 8.18. The summed E-state index contributed by atoms with van der Waals surface area (Å²) in [5.74, 6) is 0.364. The topological polar surface area (TPSA) is 156 Å². The molecule has 0 spiro atoms. The van der Waals surface area contributed by atoms with E-state index in [4.69, 9.17) is 19.5 Å². The number of aromatic nitrogens is 4. The van der Waals surface area contributed by atoms with Gasteiger partial charge in [0.1, 0.15) is 11.8 Å². The predicted octanol–water partition coefficient (Wildman–Crippen LogP) is 4.09. The number of carbonyl (C=O) groups is 1. The van der Waals surface area contributed by atoms with Gasteiger partial charge >= 0.3 is 13.7 Å². The Balaban J connectivity index is 1.29. The molecule has 0 amide bonds. The van der Waals surface area contributed by atoms with E-state index in [-0.39, 0.29) is 30.4 Å². The summed E-state index contributed by atoms with van der Waals surface area (Å²) in [4.78, 5) is 25.7. The van der Waals surface area contributed by atoms with Crippen LogP contribution in [0.4, 0.5) is 11.8 Å². The molecule has 2 aliphatic carbocycles. The van der Waals surface area contributed by atoms with E-state index in [0.29, 0.717) is 35.2 Å². The second-order valence-corrected chi connectivity index (χ2v) is 11.9. The molecule has 5 rings (SSSR count). The zero-order valence-corrected chi connectivity index (χ0v) is 23.1. The van der Waals surface area contributed by atoms with Crippen molar-refractivity contribution in [2.45, 2.75) is 51.2 Å². The SMILES string of the molecule is COC(=O)[C@@H](NP(=O)(OC[C@@H]1C=C[C@H](n2cnc3c(NC4CC4)nc(N)nc32)C1)Oc1ccccc1)C(C)C. The van der Waals surface area contributed by atoms with E-state index in [1.54, 1.807) is 30.6 Å². The highest BCUT2D eigenvalue weighted by Crippen LogP contribution is 2.47. The van der Waals surface area contributed by atoms with Crippen LogP contribution < -0.4 is 20.7 Å². The maximum absolute atomic E-state index is 13.9. The standard InChI is InChI=1S/C26H34N7O5P/c1-16(2)21(25(34)36-3)32-39(35,38-20-7-5-4-6-8-20)37-14-17-9-12-19(13-17)33-15-28-22-23(29-18-10-11-18)30-26(27)31-24(22)33/h4-9,12,15-19,21H,10-11,13-14H2,1-3H3,(H,32,35)(H3,27,29,30,31)/t17-,19+,21+,39?/m1/s1. The lowest BCUT2D eigenvalue weighted by atomic mass is 10.1. The zero-order valence-electron chi connectivity index (χ0n) is 22.2. The van der Waals surface area contributed by atoms with Crippen LogP contribution in [0.25, 0.3) is 11.2 Å². The average Bonchev–Trinajstić information content (AvgIpc) is 3.42. The number of ether oxygens (including phenoxy) is 1. The van der Waals surface area contributed by atoms with Crippen molar-refractivity contribution >= 4 is 36.6 Å². The normalized spacial score (nSPS) is 21.1. The molecule has 208 valence electrons. The summed E-state index contributed by atoms with van der Waals surface area (Å²) in [5.41, 5.74) is 7.33. The quantitative estimate of drug-likeness (QED) is 0.168. The summed E-state index contributed by atoms with van der Waals surface area (Å²) < 4.78 is 32.5. The number of anilines is 2. The lowest BCUT2D eigenvalue weighted by Crippen LogP contribution is -2.41. The lowest BCUT2D eigenvalue weighted by molar-refractivity contribution is -0.143. The number of nitrogens with zero attached hydrogens (tertiary/aromatic N) is 4. The minimum absolute atomic E-state index is 0.0486. The van der Waals surface area contributed by atoms with E-state index >= 15 is 0 Å². The monoisotopic (exact) mass is 555 g/mol. The average molecular weight is 556 g/mol. The molecular weight excluding hydrogens is 521 g/mol. The molecule has 2 aromatic heterocycles. The molecule has 4 atom stereocenters. The first kappa shape index (κ1) is 27.1. The van der Waals surface area contributed by atoms with E-state index in [1.165, 1.54) is 7.11 Å². The van der Waals surface area contributed by atoms with Crippen LogP contribution in [-0.4, -0.2) is 51.3 Å². The van der Waals surface area contributed by atoms with Gasteiger partial charge in [-0.05, 0) is 37.3 Å². The van der Waals surface area contributed by atoms with Crippen molar-refractivity contribution in [3.8, 4) is 5.75 Å². The number of esters is 1. The molecule has 0 bridgehead atoms. The van der Waals surface area contributed by atoms with Crippen molar-refractivity contribution in [1.82, 2.24) is 24.6 Å². The maximum Gasteiger partial charge on any atom is 0.459 e. The molecule has 0 saturated heterocycles. The predicted molar refractivity (Wildman–Crippen MR) is 147 cm³/mol. The van der Waals surface area contributed by atoms with E-state index in [2.05, 4.69) is 25.4 Å². The highest BCUT2D eigenvalue weighted by molar-refractivity contribution is 7.52. The number of nitrogens with one attached hydrogen (secondary N) is 2. The van der Waals surface area contributed by atoms with Crippen molar-refractivity contribution in [3.63, 3.8) is 0 Å². The van der Waals surface area contributed by atoms with Gasteiger partial charge in [-0.2, -0.15) is 15.1 Å². The minimum atomic E-state index is -3.96. The van der Waals surface area contributed by atoms with Gasteiger partial charge in [-0.15, -0.1) is 0 Å². The van der Waals surface area contributed by atoms with E-state index in [1.807, 2.05) is 36.6 Å². The summed E-state index contributed by atoms with van der Waals surface area (Å²) >= 11 is 0. The largest absolute Gasteiger partial charge is 0.468 e. The van der Waals surface area contributed by atoms with E-state index in [0.717, 1.165) is 12.8 Å². The number of para-hydroxylation sites is 1. The second-order valence-electron chi connectivity index (χ2n) is 10.2. The third kappa shape index (κ3) is 6.41. The number of allylic oxidation sites excluding steroid dienone is 1. The number of benzene rings is 1. The Morgan fingerprint density at radius 1 is 1.21 bits per heavy atom. The van der Waals surface area contributed by atoms with Crippen molar-refractivity contribution < 1.29 is 23.1 Å². The lowest BCUT2D eigenvalue weighted by Gasteiger charge is -2.27. The number of carbonyl (C=O) groups excluding carboxylic acids is 1. The Morgan fingerprint density at radius 2 is 1.97 bits per heavy atom. The molecule has 3 aromatic rings.